The van der Waals surface area contributed by atoms with E-state index in [1.54, 1.807) is 30.5 Å². The van der Waals surface area contributed by atoms with E-state index in [4.69, 9.17) is 9.52 Å². The third kappa shape index (κ3) is 3.25. The molecule has 5 heteroatoms. The summed E-state index contributed by atoms with van der Waals surface area (Å²) in [6.45, 7) is 0.272. The van der Waals surface area contributed by atoms with Crippen molar-refractivity contribution in [3.8, 4) is 11.8 Å². The Morgan fingerprint density at radius 2 is 2.37 bits per heavy atom. The first kappa shape index (κ1) is 13.4. The smallest absolute Gasteiger partial charge is 0.265 e. The van der Waals surface area contributed by atoms with Crippen LogP contribution in [-0.4, -0.2) is 29.6 Å². The van der Waals surface area contributed by atoms with Crippen LogP contribution in [0.4, 0.5) is 0 Å². The van der Waals surface area contributed by atoms with Crippen LogP contribution in [0, 0.1) is 11.8 Å². The second kappa shape index (κ2) is 6.23. The highest BCUT2D eigenvalue weighted by atomic mass is 32.1. The van der Waals surface area contributed by atoms with E-state index in [0.29, 0.717) is 17.0 Å². The largest absolute Gasteiger partial charge is 0.472 e. The zero-order valence-electron chi connectivity index (χ0n) is 10.4. The fourth-order valence-electron chi connectivity index (χ4n) is 1.61. The van der Waals surface area contributed by atoms with Gasteiger partial charge in [-0.25, -0.2) is 0 Å². The summed E-state index contributed by atoms with van der Waals surface area (Å²) in [5, 5.41) is 10.5. The predicted molar refractivity (Wildman–Crippen MR) is 72.8 cm³/mol. The van der Waals surface area contributed by atoms with Crippen molar-refractivity contribution in [2.45, 2.75) is 6.54 Å². The van der Waals surface area contributed by atoms with Crippen molar-refractivity contribution in [1.29, 1.82) is 0 Å². The lowest BCUT2D eigenvalue weighted by atomic mass is 10.2. The van der Waals surface area contributed by atoms with E-state index in [2.05, 4.69) is 11.8 Å². The lowest BCUT2D eigenvalue weighted by molar-refractivity contribution is 0.0789. The fourth-order valence-corrected chi connectivity index (χ4v) is 2.45. The first-order valence-corrected chi connectivity index (χ1v) is 6.54. The van der Waals surface area contributed by atoms with E-state index in [0.717, 1.165) is 5.56 Å². The molecule has 0 saturated heterocycles. The number of rotatable bonds is 3. The number of carbonyl (C=O) groups is 1. The lowest BCUT2D eigenvalue weighted by Gasteiger charge is -2.15. The molecule has 2 aromatic rings. The molecule has 0 saturated carbocycles. The maximum Gasteiger partial charge on any atom is 0.265 e. The Bertz CT molecular complexity index is 604. The van der Waals surface area contributed by atoms with Gasteiger partial charge in [0.15, 0.2) is 0 Å². The van der Waals surface area contributed by atoms with Crippen LogP contribution in [0.25, 0.3) is 0 Å². The van der Waals surface area contributed by atoms with Gasteiger partial charge in [0.2, 0.25) is 0 Å². The van der Waals surface area contributed by atoms with Gasteiger partial charge in [-0.15, -0.1) is 11.3 Å². The van der Waals surface area contributed by atoms with E-state index in [1.807, 2.05) is 11.4 Å². The van der Waals surface area contributed by atoms with Crippen molar-refractivity contribution in [3.05, 3.63) is 46.0 Å². The molecule has 1 N–H and O–H groups in total. The van der Waals surface area contributed by atoms with Crippen molar-refractivity contribution < 1.29 is 14.3 Å². The second-order valence-corrected chi connectivity index (χ2v) is 4.83. The van der Waals surface area contributed by atoms with Gasteiger partial charge in [-0.1, -0.05) is 11.8 Å². The van der Waals surface area contributed by atoms with Crippen LogP contribution in [0.5, 0.6) is 0 Å². The molecule has 2 heterocycles. The summed E-state index contributed by atoms with van der Waals surface area (Å²) in [6.07, 6.45) is 3.20. The summed E-state index contributed by atoms with van der Waals surface area (Å²) < 4.78 is 4.98. The Morgan fingerprint density at radius 1 is 1.53 bits per heavy atom. The number of amides is 1. The van der Waals surface area contributed by atoms with Gasteiger partial charge in [0.25, 0.3) is 5.91 Å². The Morgan fingerprint density at radius 3 is 3.05 bits per heavy atom. The molecule has 0 spiro atoms. The van der Waals surface area contributed by atoms with Crippen molar-refractivity contribution in [3.63, 3.8) is 0 Å². The predicted octanol–water partition coefficient (Wildman–Crippen LogP) is 1.96. The topological polar surface area (TPSA) is 53.7 Å². The number of furan rings is 1. The summed E-state index contributed by atoms with van der Waals surface area (Å²) in [4.78, 5) is 14.5. The zero-order valence-corrected chi connectivity index (χ0v) is 11.2. The van der Waals surface area contributed by atoms with Gasteiger partial charge in [-0.2, -0.15) is 0 Å². The third-order valence-corrected chi connectivity index (χ3v) is 3.41. The molecule has 0 radical (unpaired) electrons. The molecule has 0 bridgehead atoms. The molecule has 0 unspecified atom stereocenters. The Labute approximate surface area is 115 Å². The van der Waals surface area contributed by atoms with Crippen molar-refractivity contribution in [2.75, 3.05) is 13.7 Å². The number of hydrogen-bond acceptors (Lipinski definition) is 4. The zero-order chi connectivity index (χ0) is 13.7. The molecular formula is C14H13NO3S. The molecule has 0 aliphatic heterocycles. The molecule has 19 heavy (non-hydrogen) atoms. The van der Waals surface area contributed by atoms with Crippen molar-refractivity contribution >= 4 is 17.2 Å². The van der Waals surface area contributed by atoms with Gasteiger partial charge in [0.05, 0.1) is 12.5 Å². The Balaban J connectivity index is 2.13. The summed E-state index contributed by atoms with van der Waals surface area (Å²) in [7, 11) is 1.73. The first-order chi connectivity index (χ1) is 9.22. The minimum absolute atomic E-state index is 0.0848. The summed E-state index contributed by atoms with van der Waals surface area (Å²) >= 11 is 1.35. The molecule has 4 nitrogen and oxygen atoms in total. The van der Waals surface area contributed by atoms with Crippen LogP contribution in [0.2, 0.25) is 0 Å². The SMILES string of the molecule is CN(Cc1ccoc1)C(=O)c1sccc1C#CCO. The van der Waals surface area contributed by atoms with E-state index >= 15 is 0 Å². The van der Waals surface area contributed by atoms with E-state index in [-0.39, 0.29) is 12.5 Å². The number of carbonyl (C=O) groups excluding carboxylic acids is 1. The van der Waals surface area contributed by atoms with Crippen LogP contribution in [0.1, 0.15) is 20.8 Å². The highest BCUT2D eigenvalue weighted by Crippen LogP contribution is 2.18. The Kier molecular flexibility index (Phi) is 4.39. The number of hydrogen-bond donors (Lipinski definition) is 1. The summed E-state index contributed by atoms with van der Waals surface area (Å²) in [5.41, 5.74) is 1.60. The molecular weight excluding hydrogens is 262 g/mol. The monoisotopic (exact) mass is 275 g/mol. The quantitative estimate of drug-likeness (QED) is 0.871. The van der Waals surface area contributed by atoms with Gasteiger partial charge >= 0.3 is 0 Å². The maximum absolute atomic E-state index is 12.3. The third-order valence-electron chi connectivity index (χ3n) is 2.51. The molecule has 0 fully saturated rings. The lowest BCUT2D eigenvalue weighted by Crippen LogP contribution is -2.25. The fraction of sp³-hybridized carbons (Fsp3) is 0.214. The van der Waals surface area contributed by atoms with Crippen molar-refractivity contribution in [1.82, 2.24) is 4.90 Å². The van der Waals surface area contributed by atoms with Crippen LogP contribution in [0.3, 0.4) is 0 Å². The van der Waals surface area contributed by atoms with Gasteiger partial charge < -0.3 is 14.4 Å². The highest BCUT2D eigenvalue weighted by molar-refractivity contribution is 7.12. The average Bonchev–Trinajstić information content (AvgIpc) is 3.06. The van der Waals surface area contributed by atoms with Crippen molar-refractivity contribution in [2.24, 2.45) is 0 Å². The molecule has 1 amide bonds. The van der Waals surface area contributed by atoms with E-state index in [1.165, 1.54) is 11.3 Å². The summed E-state index contributed by atoms with van der Waals surface area (Å²) in [6, 6.07) is 3.61. The van der Waals surface area contributed by atoms with Crippen LogP contribution in [-0.2, 0) is 6.54 Å². The second-order valence-electron chi connectivity index (χ2n) is 3.92. The van der Waals surface area contributed by atoms with Crippen LogP contribution < -0.4 is 0 Å². The normalized spacial score (nSPS) is 9.79. The minimum atomic E-state index is -0.214. The standard InChI is InChI=1S/C14H13NO3S/c1-15(9-11-4-7-18-10-11)14(17)13-12(3-2-6-16)5-8-19-13/h4-5,7-8,10,16H,6,9H2,1H3. The van der Waals surface area contributed by atoms with Crippen LogP contribution in [0.15, 0.2) is 34.5 Å². The number of aliphatic hydroxyl groups excluding tert-OH is 1. The van der Waals surface area contributed by atoms with E-state index in [9.17, 15) is 4.79 Å². The number of nitrogens with zero attached hydrogens (tertiary/aromatic N) is 1. The molecule has 0 aliphatic carbocycles. The van der Waals surface area contributed by atoms with Crippen LogP contribution >= 0.6 is 11.3 Å². The molecule has 2 aromatic heterocycles. The Hall–Kier alpha value is -2.03. The average molecular weight is 275 g/mol. The molecule has 0 aromatic carbocycles. The molecule has 98 valence electrons. The van der Waals surface area contributed by atoms with E-state index < -0.39 is 0 Å². The van der Waals surface area contributed by atoms with Gasteiger partial charge in [0, 0.05) is 24.7 Å². The van der Waals surface area contributed by atoms with Gasteiger partial charge in [-0.3, -0.25) is 4.79 Å². The molecule has 0 atom stereocenters. The highest BCUT2D eigenvalue weighted by Gasteiger charge is 2.17. The summed E-state index contributed by atoms with van der Waals surface area (Å²) in [5.74, 6) is 5.25. The number of aliphatic hydroxyl groups is 1. The first-order valence-electron chi connectivity index (χ1n) is 5.66. The van der Waals surface area contributed by atoms with Gasteiger partial charge in [-0.05, 0) is 17.5 Å². The number of thiophene rings is 1. The van der Waals surface area contributed by atoms with Gasteiger partial charge in [0.1, 0.15) is 11.5 Å². The molecule has 0 aliphatic rings. The molecule has 2 rings (SSSR count). The minimum Gasteiger partial charge on any atom is -0.472 e. The maximum atomic E-state index is 12.3.